The molecule has 0 radical (unpaired) electrons. The number of hydrogen-bond acceptors (Lipinski definition) is 4. The summed E-state index contributed by atoms with van der Waals surface area (Å²) >= 11 is 5.85. The van der Waals surface area contributed by atoms with E-state index >= 15 is 0 Å². The van der Waals surface area contributed by atoms with Gasteiger partial charge < -0.3 is 0 Å². The molecule has 8 heteroatoms. The van der Waals surface area contributed by atoms with E-state index in [2.05, 4.69) is 4.72 Å². The van der Waals surface area contributed by atoms with E-state index in [1.54, 1.807) is 24.3 Å². The minimum Gasteiger partial charge on any atom is -0.289 e. The zero-order chi connectivity index (χ0) is 17.6. The second-order valence-corrected chi connectivity index (χ2v) is 7.27. The molecule has 2 rings (SSSR count). The highest BCUT2D eigenvalue weighted by molar-refractivity contribution is 7.89. The number of hydroxylamine groups is 1. The van der Waals surface area contributed by atoms with Crippen LogP contribution in [-0.4, -0.2) is 26.1 Å². The summed E-state index contributed by atoms with van der Waals surface area (Å²) in [5.74, 6) is -0.554. The standard InChI is InChI=1S/C16H17ClN2O4S/c17-14-7-3-12(4-8-14)13-5-9-15(10-6-13)24(22,23)18-11-1-2-16(20)19-21/h3-10,18,21H,1-2,11H2,(H,19,20). The Labute approximate surface area is 145 Å². The summed E-state index contributed by atoms with van der Waals surface area (Å²) in [7, 11) is -3.64. The van der Waals surface area contributed by atoms with Crippen LogP contribution in [0.5, 0.6) is 0 Å². The van der Waals surface area contributed by atoms with Crippen molar-refractivity contribution in [3.63, 3.8) is 0 Å². The Hall–Kier alpha value is -1.93. The number of rotatable bonds is 7. The van der Waals surface area contributed by atoms with E-state index in [0.29, 0.717) is 5.02 Å². The van der Waals surface area contributed by atoms with Crippen LogP contribution in [0.2, 0.25) is 5.02 Å². The van der Waals surface area contributed by atoms with Crippen LogP contribution in [0.1, 0.15) is 12.8 Å². The van der Waals surface area contributed by atoms with Gasteiger partial charge in [-0.15, -0.1) is 0 Å². The van der Waals surface area contributed by atoms with Crippen molar-refractivity contribution >= 4 is 27.5 Å². The number of amides is 1. The van der Waals surface area contributed by atoms with E-state index < -0.39 is 15.9 Å². The Morgan fingerprint density at radius 2 is 1.54 bits per heavy atom. The summed E-state index contributed by atoms with van der Waals surface area (Å²) in [4.78, 5) is 11.0. The topological polar surface area (TPSA) is 95.5 Å². The maximum atomic E-state index is 12.2. The van der Waals surface area contributed by atoms with Crippen molar-refractivity contribution < 1.29 is 18.4 Å². The smallest absolute Gasteiger partial charge is 0.243 e. The Bertz CT molecular complexity index is 790. The third kappa shape index (κ3) is 5.04. The molecular weight excluding hydrogens is 352 g/mol. The highest BCUT2D eigenvalue weighted by Gasteiger charge is 2.13. The van der Waals surface area contributed by atoms with Gasteiger partial charge in [0.05, 0.1) is 4.90 Å². The number of benzene rings is 2. The van der Waals surface area contributed by atoms with Crippen LogP contribution in [0.25, 0.3) is 11.1 Å². The molecule has 1 amide bonds. The van der Waals surface area contributed by atoms with E-state index in [1.165, 1.54) is 17.6 Å². The van der Waals surface area contributed by atoms with Crippen LogP contribution >= 0.6 is 11.6 Å². The fourth-order valence-electron chi connectivity index (χ4n) is 2.06. The van der Waals surface area contributed by atoms with Gasteiger partial charge in [-0.05, 0) is 41.8 Å². The fraction of sp³-hybridized carbons (Fsp3) is 0.188. The summed E-state index contributed by atoms with van der Waals surface area (Å²) in [6.07, 6.45) is 0.322. The van der Waals surface area contributed by atoms with E-state index in [4.69, 9.17) is 16.8 Å². The van der Waals surface area contributed by atoms with Gasteiger partial charge in [0.1, 0.15) is 0 Å². The van der Waals surface area contributed by atoms with Crippen molar-refractivity contribution in [1.29, 1.82) is 0 Å². The summed E-state index contributed by atoms with van der Waals surface area (Å²) < 4.78 is 26.7. The van der Waals surface area contributed by atoms with Gasteiger partial charge in [-0.3, -0.25) is 10.0 Å². The summed E-state index contributed by atoms with van der Waals surface area (Å²) in [6.45, 7) is 0.106. The fourth-order valence-corrected chi connectivity index (χ4v) is 3.26. The number of carbonyl (C=O) groups is 1. The monoisotopic (exact) mass is 368 g/mol. The van der Waals surface area contributed by atoms with Gasteiger partial charge in [0, 0.05) is 18.0 Å². The minimum atomic E-state index is -3.64. The first-order chi connectivity index (χ1) is 11.4. The largest absolute Gasteiger partial charge is 0.289 e. The van der Waals surface area contributed by atoms with Crippen LogP contribution in [0.4, 0.5) is 0 Å². The van der Waals surface area contributed by atoms with Crippen LogP contribution < -0.4 is 10.2 Å². The third-order valence-electron chi connectivity index (χ3n) is 3.34. The summed E-state index contributed by atoms with van der Waals surface area (Å²) in [5.41, 5.74) is 3.31. The predicted octanol–water partition coefficient (Wildman–Crippen LogP) is 2.57. The normalized spacial score (nSPS) is 11.2. The molecule has 0 aromatic heterocycles. The molecule has 0 aliphatic rings. The first kappa shape index (κ1) is 18.4. The van der Waals surface area contributed by atoms with Crippen molar-refractivity contribution in [1.82, 2.24) is 10.2 Å². The second kappa shape index (κ2) is 8.25. The van der Waals surface area contributed by atoms with Crippen molar-refractivity contribution in [2.75, 3.05) is 6.54 Å². The zero-order valence-corrected chi connectivity index (χ0v) is 14.3. The van der Waals surface area contributed by atoms with Gasteiger partial charge in [-0.25, -0.2) is 18.6 Å². The highest BCUT2D eigenvalue weighted by Crippen LogP contribution is 2.23. The Kier molecular flexibility index (Phi) is 6.33. The van der Waals surface area contributed by atoms with Crippen LogP contribution in [0.3, 0.4) is 0 Å². The van der Waals surface area contributed by atoms with Gasteiger partial charge in [0.2, 0.25) is 15.9 Å². The maximum absolute atomic E-state index is 12.2. The lowest BCUT2D eigenvalue weighted by atomic mass is 10.1. The molecule has 0 unspecified atom stereocenters. The maximum Gasteiger partial charge on any atom is 0.243 e. The molecule has 0 spiro atoms. The SMILES string of the molecule is O=C(CCCNS(=O)(=O)c1ccc(-c2ccc(Cl)cc2)cc1)NO. The lowest BCUT2D eigenvalue weighted by Gasteiger charge is -2.08. The van der Waals surface area contributed by atoms with E-state index in [9.17, 15) is 13.2 Å². The van der Waals surface area contributed by atoms with E-state index in [1.807, 2.05) is 12.1 Å². The first-order valence-electron chi connectivity index (χ1n) is 7.21. The predicted molar refractivity (Wildman–Crippen MR) is 91.2 cm³/mol. The number of sulfonamides is 1. The molecule has 3 N–H and O–H groups in total. The van der Waals surface area contributed by atoms with E-state index in [0.717, 1.165) is 11.1 Å². The lowest BCUT2D eigenvalue weighted by Crippen LogP contribution is -2.26. The molecule has 0 saturated heterocycles. The molecule has 0 bridgehead atoms. The molecule has 0 aliphatic carbocycles. The average Bonchev–Trinajstić information content (AvgIpc) is 2.59. The number of nitrogens with one attached hydrogen (secondary N) is 2. The molecule has 128 valence electrons. The number of hydrogen-bond donors (Lipinski definition) is 3. The second-order valence-electron chi connectivity index (χ2n) is 5.07. The van der Waals surface area contributed by atoms with Crippen molar-refractivity contribution in [2.45, 2.75) is 17.7 Å². The van der Waals surface area contributed by atoms with Gasteiger partial charge >= 0.3 is 0 Å². The van der Waals surface area contributed by atoms with Crippen LogP contribution in [0, 0.1) is 0 Å². The Balaban J connectivity index is 2.01. The molecule has 2 aromatic carbocycles. The van der Waals surface area contributed by atoms with Gasteiger partial charge in [0.25, 0.3) is 0 Å². The molecule has 2 aromatic rings. The summed E-state index contributed by atoms with van der Waals surface area (Å²) in [6, 6.07) is 13.7. The van der Waals surface area contributed by atoms with Crippen molar-refractivity contribution in [3.05, 3.63) is 53.6 Å². The quantitative estimate of drug-likeness (QED) is 0.397. The zero-order valence-electron chi connectivity index (χ0n) is 12.7. The Morgan fingerprint density at radius 1 is 1.00 bits per heavy atom. The van der Waals surface area contributed by atoms with Crippen LogP contribution in [-0.2, 0) is 14.8 Å². The minimum absolute atomic E-state index is 0.0362. The first-order valence-corrected chi connectivity index (χ1v) is 9.07. The number of carbonyl (C=O) groups excluding carboxylic acids is 1. The van der Waals surface area contributed by atoms with E-state index in [-0.39, 0.29) is 24.3 Å². The molecule has 24 heavy (non-hydrogen) atoms. The molecular formula is C16H17ClN2O4S. The summed E-state index contributed by atoms with van der Waals surface area (Å²) in [5, 5.41) is 9.00. The molecule has 6 nitrogen and oxygen atoms in total. The van der Waals surface area contributed by atoms with Crippen molar-refractivity contribution in [2.24, 2.45) is 0 Å². The van der Waals surface area contributed by atoms with Gasteiger partial charge in [-0.1, -0.05) is 35.9 Å². The molecule has 0 atom stereocenters. The average molecular weight is 369 g/mol. The third-order valence-corrected chi connectivity index (χ3v) is 5.07. The number of halogens is 1. The molecule has 0 aliphatic heterocycles. The molecule has 0 heterocycles. The highest BCUT2D eigenvalue weighted by atomic mass is 35.5. The molecule has 0 fully saturated rings. The Morgan fingerprint density at radius 3 is 2.08 bits per heavy atom. The van der Waals surface area contributed by atoms with Gasteiger partial charge in [-0.2, -0.15) is 0 Å². The van der Waals surface area contributed by atoms with Crippen LogP contribution in [0.15, 0.2) is 53.4 Å². The lowest BCUT2D eigenvalue weighted by molar-refractivity contribution is -0.129. The molecule has 0 saturated carbocycles. The van der Waals surface area contributed by atoms with Gasteiger partial charge in [0.15, 0.2) is 0 Å². The van der Waals surface area contributed by atoms with Crippen molar-refractivity contribution in [3.8, 4) is 11.1 Å².